The van der Waals surface area contributed by atoms with Crippen molar-refractivity contribution in [3.8, 4) is 6.07 Å². The van der Waals surface area contributed by atoms with Crippen LogP contribution in [-0.2, 0) is 0 Å². The highest BCUT2D eigenvalue weighted by Gasteiger charge is 2.39. The number of hydrogen-bond donors (Lipinski definition) is 0. The van der Waals surface area contributed by atoms with Crippen molar-refractivity contribution in [2.24, 2.45) is 35.0 Å². The minimum atomic E-state index is 0.0410. The van der Waals surface area contributed by atoms with Crippen LogP contribution in [0, 0.1) is 46.3 Å². The zero-order chi connectivity index (χ0) is 20.5. The van der Waals surface area contributed by atoms with Crippen molar-refractivity contribution >= 4 is 0 Å². The minimum Gasteiger partial charge on any atom is -0.198 e. The topological polar surface area (TPSA) is 23.8 Å². The van der Waals surface area contributed by atoms with Gasteiger partial charge in [-0.15, -0.1) is 0 Å². The first-order chi connectivity index (χ1) is 14.2. The maximum atomic E-state index is 9.83. The third kappa shape index (κ3) is 6.48. The van der Waals surface area contributed by atoms with Gasteiger partial charge in [-0.2, -0.15) is 5.26 Å². The molecule has 3 aliphatic carbocycles. The van der Waals surface area contributed by atoms with Crippen LogP contribution in [0.2, 0.25) is 0 Å². The van der Waals surface area contributed by atoms with E-state index in [0.29, 0.717) is 0 Å². The summed E-state index contributed by atoms with van der Waals surface area (Å²) in [4.78, 5) is 0. The van der Waals surface area contributed by atoms with Crippen molar-refractivity contribution < 1.29 is 0 Å². The van der Waals surface area contributed by atoms with Gasteiger partial charge in [0.1, 0.15) is 0 Å². The van der Waals surface area contributed by atoms with Gasteiger partial charge in [-0.3, -0.25) is 0 Å². The second kappa shape index (κ2) is 11.8. The molecular formula is C28H49N. The predicted molar refractivity (Wildman–Crippen MR) is 125 cm³/mol. The van der Waals surface area contributed by atoms with Gasteiger partial charge < -0.3 is 0 Å². The summed E-state index contributed by atoms with van der Waals surface area (Å²) < 4.78 is 0. The molecule has 0 aliphatic heterocycles. The van der Waals surface area contributed by atoms with Crippen LogP contribution >= 0.6 is 0 Å². The maximum Gasteiger partial charge on any atom is 0.0689 e. The average Bonchev–Trinajstić information content (AvgIpc) is 2.79. The van der Waals surface area contributed by atoms with E-state index in [1.807, 2.05) is 0 Å². The fraction of sp³-hybridized carbons (Fsp3) is 0.964. The van der Waals surface area contributed by atoms with E-state index in [0.717, 1.165) is 36.0 Å². The van der Waals surface area contributed by atoms with Crippen molar-refractivity contribution in [1.82, 2.24) is 0 Å². The largest absolute Gasteiger partial charge is 0.198 e. The fourth-order valence-electron chi connectivity index (χ4n) is 7.32. The van der Waals surface area contributed by atoms with Crippen LogP contribution in [0.25, 0.3) is 0 Å². The monoisotopic (exact) mass is 399 g/mol. The van der Waals surface area contributed by atoms with Crippen LogP contribution in [0.5, 0.6) is 0 Å². The van der Waals surface area contributed by atoms with E-state index in [-0.39, 0.29) is 5.41 Å². The number of rotatable bonds is 9. The van der Waals surface area contributed by atoms with Gasteiger partial charge in [-0.25, -0.2) is 0 Å². The molecule has 0 radical (unpaired) electrons. The summed E-state index contributed by atoms with van der Waals surface area (Å²) in [6.45, 7) is 4.60. The molecule has 3 saturated carbocycles. The van der Waals surface area contributed by atoms with Crippen molar-refractivity contribution in [2.75, 3.05) is 0 Å². The summed E-state index contributed by atoms with van der Waals surface area (Å²) >= 11 is 0. The summed E-state index contributed by atoms with van der Waals surface area (Å²) in [6.07, 6.45) is 26.6. The van der Waals surface area contributed by atoms with Gasteiger partial charge in [0.2, 0.25) is 0 Å². The van der Waals surface area contributed by atoms with E-state index >= 15 is 0 Å². The van der Waals surface area contributed by atoms with E-state index < -0.39 is 0 Å². The molecule has 0 aromatic rings. The molecule has 29 heavy (non-hydrogen) atoms. The Morgan fingerprint density at radius 2 is 1.14 bits per heavy atom. The first-order valence-corrected chi connectivity index (χ1v) is 13.6. The smallest absolute Gasteiger partial charge is 0.0689 e. The number of nitriles is 1. The lowest BCUT2D eigenvalue weighted by Gasteiger charge is -2.43. The molecule has 0 N–H and O–H groups in total. The van der Waals surface area contributed by atoms with Crippen LogP contribution in [0.15, 0.2) is 0 Å². The molecule has 0 heterocycles. The molecule has 0 amide bonds. The Bertz CT molecular complexity index is 479. The predicted octanol–water partition coefficient (Wildman–Crippen LogP) is 9.07. The second-order valence-electron chi connectivity index (χ2n) is 11.3. The van der Waals surface area contributed by atoms with Gasteiger partial charge in [0.25, 0.3) is 0 Å². The van der Waals surface area contributed by atoms with E-state index in [1.165, 1.54) is 116 Å². The summed E-state index contributed by atoms with van der Waals surface area (Å²) in [7, 11) is 0. The van der Waals surface area contributed by atoms with Crippen molar-refractivity contribution in [2.45, 2.75) is 136 Å². The van der Waals surface area contributed by atoms with Crippen LogP contribution in [-0.4, -0.2) is 0 Å². The maximum absolute atomic E-state index is 9.83. The molecule has 3 rings (SSSR count). The van der Waals surface area contributed by atoms with Crippen molar-refractivity contribution in [3.63, 3.8) is 0 Å². The van der Waals surface area contributed by atoms with Crippen LogP contribution in [0.3, 0.4) is 0 Å². The minimum absolute atomic E-state index is 0.0410. The van der Waals surface area contributed by atoms with Crippen LogP contribution < -0.4 is 0 Å². The van der Waals surface area contributed by atoms with Crippen molar-refractivity contribution in [3.05, 3.63) is 0 Å². The molecule has 0 saturated heterocycles. The molecule has 166 valence electrons. The second-order valence-corrected chi connectivity index (χ2v) is 11.3. The Morgan fingerprint density at radius 3 is 1.62 bits per heavy atom. The molecule has 0 spiro atoms. The summed E-state index contributed by atoms with van der Waals surface area (Å²) in [5.41, 5.74) is 0.0410. The van der Waals surface area contributed by atoms with Gasteiger partial charge >= 0.3 is 0 Å². The fourth-order valence-corrected chi connectivity index (χ4v) is 7.32. The van der Waals surface area contributed by atoms with E-state index in [9.17, 15) is 5.26 Å². The zero-order valence-corrected chi connectivity index (χ0v) is 19.8. The Kier molecular flexibility index (Phi) is 9.40. The van der Waals surface area contributed by atoms with Crippen LogP contribution in [0.1, 0.15) is 136 Å². The molecule has 3 aliphatic rings. The molecular weight excluding hydrogens is 350 g/mol. The SMILES string of the molecule is CCCCC[C@]1(C#N)CC[C@H](C2CCC([C@H]3CC[C@H](CCCC)CC3)CC2)CC1. The normalized spacial score (nSPS) is 38.4. The van der Waals surface area contributed by atoms with E-state index in [2.05, 4.69) is 19.9 Å². The lowest BCUT2D eigenvalue weighted by Crippen LogP contribution is -2.32. The molecule has 1 heteroatoms. The average molecular weight is 400 g/mol. The highest BCUT2D eigenvalue weighted by Crippen LogP contribution is 2.49. The Morgan fingerprint density at radius 1 is 0.655 bits per heavy atom. The highest BCUT2D eigenvalue weighted by atomic mass is 14.5. The van der Waals surface area contributed by atoms with Gasteiger partial charge in [-0.1, -0.05) is 65.2 Å². The van der Waals surface area contributed by atoms with Gasteiger partial charge in [-0.05, 0) is 100 Å². The summed E-state index contributed by atoms with van der Waals surface area (Å²) in [5, 5.41) is 9.83. The van der Waals surface area contributed by atoms with Gasteiger partial charge in [0.15, 0.2) is 0 Å². The first kappa shape index (κ1) is 23.2. The molecule has 0 atom stereocenters. The first-order valence-electron chi connectivity index (χ1n) is 13.6. The third-order valence-electron chi connectivity index (χ3n) is 9.49. The number of hydrogen-bond acceptors (Lipinski definition) is 1. The van der Waals surface area contributed by atoms with Crippen molar-refractivity contribution in [1.29, 1.82) is 5.26 Å². The quantitative estimate of drug-likeness (QED) is 0.355. The van der Waals surface area contributed by atoms with Gasteiger partial charge in [0.05, 0.1) is 11.5 Å². The lowest BCUT2D eigenvalue weighted by atomic mass is 9.62. The number of nitrogens with zero attached hydrogens (tertiary/aromatic N) is 1. The molecule has 3 fully saturated rings. The Hall–Kier alpha value is -0.510. The van der Waals surface area contributed by atoms with Crippen LogP contribution in [0.4, 0.5) is 0 Å². The van der Waals surface area contributed by atoms with E-state index in [4.69, 9.17) is 0 Å². The molecule has 1 nitrogen and oxygen atoms in total. The standard InChI is InChI=1S/C28H49N/c1-3-5-7-19-28(22-29)20-17-27(18-21-28)26-15-13-25(14-16-26)24-11-9-23(10-12-24)8-6-4-2/h23-27H,3-21H2,1-2H3/t23-,24-,25?,26?,27-,28-. The molecule has 0 unspecified atom stereocenters. The zero-order valence-electron chi connectivity index (χ0n) is 19.8. The molecule has 0 bridgehead atoms. The van der Waals surface area contributed by atoms with E-state index in [1.54, 1.807) is 0 Å². The molecule has 0 aromatic carbocycles. The third-order valence-corrected chi connectivity index (χ3v) is 9.49. The van der Waals surface area contributed by atoms with Gasteiger partial charge in [0, 0.05) is 0 Å². The molecule has 0 aromatic heterocycles. The Balaban J connectivity index is 1.37. The highest BCUT2D eigenvalue weighted by molar-refractivity contribution is 5.02. The summed E-state index contributed by atoms with van der Waals surface area (Å²) in [6, 6.07) is 2.77. The summed E-state index contributed by atoms with van der Waals surface area (Å²) in [5.74, 6) is 5.09. The lowest BCUT2D eigenvalue weighted by molar-refractivity contribution is 0.0898. The Labute approximate surface area is 182 Å². The number of unbranched alkanes of at least 4 members (excludes halogenated alkanes) is 3.